The maximum Gasteiger partial charge on any atom is 0.136 e. The fourth-order valence-corrected chi connectivity index (χ4v) is 9.48. The summed E-state index contributed by atoms with van der Waals surface area (Å²) in [7, 11) is 0. The van der Waals surface area contributed by atoms with Gasteiger partial charge in [0.05, 0.1) is 24.4 Å². The number of aliphatic hydroxyl groups excluding tert-OH is 2. The third-order valence-electron chi connectivity index (χ3n) is 11.9. The minimum Gasteiger partial charge on any atom is -0.390 e. The van der Waals surface area contributed by atoms with Gasteiger partial charge in [0.25, 0.3) is 0 Å². The number of hydrogen-bond acceptors (Lipinski definition) is 4. The quantitative estimate of drug-likeness (QED) is 0.592. The van der Waals surface area contributed by atoms with Crippen LogP contribution in [0, 0.1) is 58.2 Å². The number of fused-ring (bicyclic) bond motifs is 6. The summed E-state index contributed by atoms with van der Waals surface area (Å²) in [5.74, 6) is 3.34. The van der Waals surface area contributed by atoms with Crippen molar-refractivity contribution >= 4 is 5.78 Å². The first-order valence-corrected chi connectivity index (χ1v) is 13.5. The molecule has 0 amide bonds. The number of hydrogen-bond donors (Lipinski definition) is 2. The second kappa shape index (κ2) is 7.78. The molecule has 0 aromatic carbocycles. The van der Waals surface area contributed by atoms with Gasteiger partial charge in [0.2, 0.25) is 0 Å². The largest absolute Gasteiger partial charge is 0.390 e. The molecule has 4 heteroatoms. The molecular weight excluding hydrogens is 400 g/mol. The van der Waals surface area contributed by atoms with Crippen LogP contribution in [0.1, 0.15) is 86.5 Å². The Bertz CT molecular complexity index is 750. The number of carbonyl (C=O) groups is 1. The molecule has 4 aliphatic carbocycles. The van der Waals surface area contributed by atoms with E-state index in [1.165, 1.54) is 19.3 Å². The first-order chi connectivity index (χ1) is 15.0. The van der Waals surface area contributed by atoms with E-state index < -0.39 is 12.2 Å². The Morgan fingerprint density at radius 1 is 0.938 bits per heavy atom. The summed E-state index contributed by atoms with van der Waals surface area (Å²) in [5.41, 5.74) is 0.282. The monoisotopic (exact) mass is 446 g/mol. The van der Waals surface area contributed by atoms with Gasteiger partial charge in [-0.2, -0.15) is 0 Å². The van der Waals surface area contributed by atoms with E-state index in [4.69, 9.17) is 4.74 Å². The number of ketones is 1. The van der Waals surface area contributed by atoms with Crippen LogP contribution >= 0.6 is 0 Å². The van der Waals surface area contributed by atoms with Crippen LogP contribution in [0.15, 0.2) is 0 Å². The maximum atomic E-state index is 13.4. The molecule has 182 valence electrons. The van der Waals surface area contributed by atoms with Crippen LogP contribution in [0.4, 0.5) is 0 Å². The summed E-state index contributed by atoms with van der Waals surface area (Å²) in [6.07, 6.45) is 6.92. The lowest BCUT2D eigenvalue weighted by Crippen LogP contribution is -2.57. The summed E-state index contributed by atoms with van der Waals surface area (Å²) in [5, 5.41) is 22.0. The highest BCUT2D eigenvalue weighted by Gasteiger charge is 2.66. The molecule has 0 bridgehead atoms. The molecule has 4 saturated carbocycles. The summed E-state index contributed by atoms with van der Waals surface area (Å²) in [4.78, 5) is 13.4. The van der Waals surface area contributed by atoms with Crippen LogP contribution < -0.4 is 0 Å². The number of ether oxygens (including phenoxy) is 1. The van der Waals surface area contributed by atoms with E-state index in [2.05, 4.69) is 41.5 Å². The smallest absolute Gasteiger partial charge is 0.136 e. The van der Waals surface area contributed by atoms with E-state index in [0.29, 0.717) is 47.6 Å². The molecule has 5 rings (SSSR count). The zero-order valence-corrected chi connectivity index (χ0v) is 21.1. The second-order valence-electron chi connectivity index (χ2n) is 13.4. The predicted molar refractivity (Wildman–Crippen MR) is 125 cm³/mol. The van der Waals surface area contributed by atoms with Crippen LogP contribution in [0.5, 0.6) is 0 Å². The molecule has 1 heterocycles. The van der Waals surface area contributed by atoms with Crippen molar-refractivity contribution in [2.24, 2.45) is 58.2 Å². The Hall–Kier alpha value is -0.450. The predicted octanol–water partition coefficient (Wildman–Crippen LogP) is 4.85. The number of carbonyl (C=O) groups excluding carboxylic acids is 1. The SMILES string of the molecule is CC(C)[C@H](C)[C@@H](O)[C@H](O)[C@@H](C)[C@H]1CC[C@H]2[C@@H]3CC(=O)[C@H]4CC5O[C@H]5C[C@]4(C)[C@H]3CC[C@]12C. The van der Waals surface area contributed by atoms with Crippen molar-refractivity contribution in [1.29, 1.82) is 0 Å². The minimum atomic E-state index is -0.678. The van der Waals surface area contributed by atoms with E-state index in [1.807, 2.05) is 0 Å². The molecule has 4 nitrogen and oxygen atoms in total. The fraction of sp³-hybridized carbons (Fsp3) is 0.964. The lowest BCUT2D eigenvalue weighted by atomic mass is 9.44. The Morgan fingerprint density at radius 2 is 1.62 bits per heavy atom. The molecule has 5 fully saturated rings. The standard InChI is InChI=1S/C28H46O4/c1-14(2)15(3)25(30)26(31)16(4)18-7-8-19-17-11-22(29)21-12-23-24(32-23)13-28(21,6)20(17)9-10-27(18,19)5/h14-21,23-26,30-31H,7-13H2,1-6H3/t15-,16-,17-,18+,19-,20-,21+,23?,24-,25+,26+,27+,28+/m0/s1. The van der Waals surface area contributed by atoms with Crippen LogP contribution in [0.25, 0.3) is 0 Å². The lowest BCUT2D eigenvalue weighted by Gasteiger charge is -2.59. The van der Waals surface area contributed by atoms with Gasteiger partial charge in [-0.1, -0.05) is 41.5 Å². The van der Waals surface area contributed by atoms with E-state index in [0.717, 1.165) is 25.7 Å². The van der Waals surface area contributed by atoms with Crippen molar-refractivity contribution < 1.29 is 19.7 Å². The maximum absolute atomic E-state index is 13.4. The van der Waals surface area contributed by atoms with Crippen molar-refractivity contribution in [2.75, 3.05) is 0 Å². The van der Waals surface area contributed by atoms with Gasteiger partial charge in [-0.3, -0.25) is 4.79 Å². The summed E-state index contributed by atoms with van der Waals surface area (Å²) >= 11 is 0. The van der Waals surface area contributed by atoms with Crippen LogP contribution in [-0.4, -0.2) is 40.4 Å². The van der Waals surface area contributed by atoms with Crippen molar-refractivity contribution in [3.8, 4) is 0 Å². The molecule has 0 spiro atoms. The van der Waals surface area contributed by atoms with E-state index in [-0.39, 0.29) is 28.6 Å². The normalized spacial score (nSPS) is 51.2. The summed E-state index contributed by atoms with van der Waals surface area (Å²) < 4.78 is 5.90. The van der Waals surface area contributed by atoms with E-state index in [9.17, 15) is 15.0 Å². The van der Waals surface area contributed by atoms with Gasteiger partial charge in [-0.05, 0) is 90.8 Å². The fourth-order valence-electron chi connectivity index (χ4n) is 9.48. The molecular formula is C28H46O4. The van der Waals surface area contributed by atoms with Crippen molar-refractivity contribution in [1.82, 2.24) is 0 Å². The number of aliphatic hydroxyl groups is 2. The second-order valence-corrected chi connectivity index (χ2v) is 13.4. The first-order valence-electron chi connectivity index (χ1n) is 13.5. The highest BCUT2D eigenvalue weighted by atomic mass is 16.6. The average molecular weight is 447 g/mol. The Balaban J connectivity index is 1.36. The topological polar surface area (TPSA) is 70.1 Å². The van der Waals surface area contributed by atoms with Crippen molar-refractivity contribution in [3.63, 3.8) is 0 Å². The Morgan fingerprint density at radius 3 is 2.31 bits per heavy atom. The Kier molecular flexibility index (Phi) is 5.67. The van der Waals surface area contributed by atoms with E-state index >= 15 is 0 Å². The van der Waals surface area contributed by atoms with Crippen LogP contribution in [0.2, 0.25) is 0 Å². The highest BCUT2D eigenvalue weighted by Crippen LogP contribution is 2.69. The average Bonchev–Trinajstić information content (AvgIpc) is 3.39. The molecule has 0 radical (unpaired) electrons. The van der Waals surface area contributed by atoms with Crippen molar-refractivity contribution in [2.45, 2.75) is 111 Å². The lowest BCUT2D eigenvalue weighted by molar-refractivity contribution is -0.154. The number of rotatable bonds is 5. The zero-order chi connectivity index (χ0) is 23.2. The first kappa shape index (κ1) is 23.3. The third kappa shape index (κ3) is 3.29. The summed E-state index contributed by atoms with van der Waals surface area (Å²) in [6.45, 7) is 13.3. The highest BCUT2D eigenvalue weighted by molar-refractivity contribution is 5.83. The molecule has 0 aromatic rings. The molecule has 1 aliphatic heterocycles. The van der Waals surface area contributed by atoms with Crippen molar-refractivity contribution in [3.05, 3.63) is 0 Å². The summed E-state index contributed by atoms with van der Waals surface area (Å²) in [6, 6.07) is 0. The van der Waals surface area contributed by atoms with Gasteiger partial charge in [0.1, 0.15) is 5.78 Å². The molecule has 1 saturated heterocycles. The van der Waals surface area contributed by atoms with Gasteiger partial charge < -0.3 is 14.9 Å². The number of epoxide rings is 1. The van der Waals surface area contributed by atoms with Gasteiger partial charge >= 0.3 is 0 Å². The van der Waals surface area contributed by atoms with Crippen LogP contribution in [-0.2, 0) is 9.53 Å². The zero-order valence-electron chi connectivity index (χ0n) is 21.1. The molecule has 13 atom stereocenters. The molecule has 32 heavy (non-hydrogen) atoms. The Labute approximate surface area is 194 Å². The van der Waals surface area contributed by atoms with E-state index in [1.54, 1.807) is 0 Å². The molecule has 2 N–H and O–H groups in total. The third-order valence-corrected chi connectivity index (χ3v) is 11.9. The minimum absolute atomic E-state index is 0.0793. The van der Waals surface area contributed by atoms with Gasteiger partial charge in [-0.15, -0.1) is 0 Å². The molecule has 5 aliphatic rings. The van der Waals surface area contributed by atoms with Crippen LogP contribution in [0.3, 0.4) is 0 Å². The van der Waals surface area contributed by atoms with Gasteiger partial charge in [0.15, 0.2) is 0 Å². The van der Waals surface area contributed by atoms with Gasteiger partial charge in [0, 0.05) is 12.3 Å². The molecule has 1 unspecified atom stereocenters. The molecule has 0 aromatic heterocycles. The van der Waals surface area contributed by atoms with Gasteiger partial charge in [-0.25, -0.2) is 0 Å². The number of Topliss-reactive ketones (excluding diaryl/α,β-unsaturated/α-hetero) is 1.